The first-order valence-electron chi connectivity index (χ1n) is 5.24. The molecule has 2 rings (SSSR count). The van der Waals surface area contributed by atoms with E-state index in [1.165, 1.54) is 12.1 Å². The maximum Gasteiger partial charge on any atom is 0.165 e. The van der Waals surface area contributed by atoms with Crippen LogP contribution in [0.3, 0.4) is 0 Å². The third kappa shape index (κ3) is 2.91. The van der Waals surface area contributed by atoms with Crippen molar-refractivity contribution in [2.75, 3.05) is 0 Å². The number of hydrogen-bond donors (Lipinski definition) is 0. The highest BCUT2D eigenvalue weighted by Gasteiger charge is 2.05. The first-order valence-corrected chi connectivity index (χ1v) is 5.24. The number of carbonyl (C=O) groups excluding carboxylic acids is 1. The number of rotatable bonds is 4. The molecule has 0 spiro atoms. The molecule has 0 radical (unpaired) electrons. The Morgan fingerprint density at radius 2 is 1.88 bits per heavy atom. The summed E-state index contributed by atoms with van der Waals surface area (Å²) in [5, 5.41) is 0. The van der Waals surface area contributed by atoms with Crippen LogP contribution >= 0.6 is 0 Å². The lowest BCUT2D eigenvalue weighted by Crippen LogP contribution is -1.92. The van der Waals surface area contributed by atoms with Crippen molar-refractivity contribution in [3.8, 4) is 11.5 Å². The van der Waals surface area contributed by atoms with E-state index in [0.29, 0.717) is 5.75 Å². The van der Waals surface area contributed by atoms with Gasteiger partial charge in [-0.2, -0.15) is 0 Å². The SMILES string of the molecule is O=CCc1ccc(F)c(Oc2ccccc2)c1. The Bertz CT molecular complexity index is 509. The molecular weight excluding hydrogens is 219 g/mol. The predicted molar refractivity (Wildman–Crippen MR) is 62.7 cm³/mol. The van der Waals surface area contributed by atoms with Gasteiger partial charge in [-0.05, 0) is 29.8 Å². The van der Waals surface area contributed by atoms with Gasteiger partial charge in [0.1, 0.15) is 12.0 Å². The molecule has 0 saturated carbocycles. The van der Waals surface area contributed by atoms with E-state index in [0.717, 1.165) is 11.8 Å². The van der Waals surface area contributed by atoms with Crippen molar-refractivity contribution >= 4 is 6.29 Å². The molecule has 0 aliphatic rings. The van der Waals surface area contributed by atoms with Crippen LogP contribution in [0.4, 0.5) is 4.39 Å². The highest BCUT2D eigenvalue weighted by molar-refractivity contribution is 5.55. The number of hydrogen-bond acceptors (Lipinski definition) is 2. The summed E-state index contributed by atoms with van der Waals surface area (Å²) in [7, 11) is 0. The second-order valence-electron chi connectivity index (χ2n) is 3.55. The van der Waals surface area contributed by atoms with Crippen LogP contribution in [0, 0.1) is 5.82 Å². The van der Waals surface area contributed by atoms with E-state index in [-0.39, 0.29) is 12.2 Å². The number of para-hydroxylation sites is 1. The summed E-state index contributed by atoms with van der Waals surface area (Å²) in [6.07, 6.45) is 1.03. The highest BCUT2D eigenvalue weighted by Crippen LogP contribution is 2.25. The van der Waals surface area contributed by atoms with Crippen LogP contribution in [-0.4, -0.2) is 6.29 Å². The second-order valence-corrected chi connectivity index (χ2v) is 3.55. The van der Waals surface area contributed by atoms with Crippen LogP contribution in [0.15, 0.2) is 48.5 Å². The Morgan fingerprint density at radius 1 is 1.12 bits per heavy atom. The molecule has 3 heteroatoms. The summed E-state index contributed by atoms with van der Waals surface area (Å²) in [6, 6.07) is 13.4. The minimum Gasteiger partial charge on any atom is -0.454 e. The smallest absolute Gasteiger partial charge is 0.165 e. The fourth-order valence-electron chi connectivity index (χ4n) is 1.46. The van der Waals surface area contributed by atoms with E-state index in [4.69, 9.17) is 4.74 Å². The first-order chi connectivity index (χ1) is 8.29. The monoisotopic (exact) mass is 230 g/mol. The summed E-state index contributed by atoms with van der Waals surface area (Å²) in [6.45, 7) is 0. The zero-order valence-electron chi connectivity index (χ0n) is 9.10. The van der Waals surface area contributed by atoms with Crippen molar-refractivity contribution in [1.82, 2.24) is 0 Å². The Kier molecular flexibility index (Phi) is 3.50. The minimum absolute atomic E-state index is 0.135. The largest absolute Gasteiger partial charge is 0.454 e. The number of carbonyl (C=O) groups is 1. The third-order valence-corrected chi connectivity index (χ3v) is 2.29. The molecule has 17 heavy (non-hydrogen) atoms. The Morgan fingerprint density at radius 3 is 2.59 bits per heavy atom. The molecule has 0 fully saturated rings. The van der Waals surface area contributed by atoms with E-state index in [1.807, 2.05) is 18.2 Å². The molecule has 0 aliphatic heterocycles. The Labute approximate surface area is 98.7 Å². The summed E-state index contributed by atoms with van der Waals surface area (Å²) < 4.78 is 18.9. The van der Waals surface area contributed by atoms with Crippen molar-refractivity contribution < 1.29 is 13.9 Å². The van der Waals surface area contributed by atoms with Crippen LogP contribution in [0.1, 0.15) is 5.56 Å². The number of ether oxygens (including phenoxy) is 1. The first kappa shape index (κ1) is 11.3. The van der Waals surface area contributed by atoms with Gasteiger partial charge >= 0.3 is 0 Å². The summed E-state index contributed by atoms with van der Waals surface area (Å²) in [5.41, 5.74) is 0.729. The average Bonchev–Trinajstić information content (AvgIpc) is 2.35. The fraction of sp³-hybridized carbons (Fsp3) is 0.0714. The van der Waals surface area contributed by atoms with E-state index in [1.54, 1.807) is 18.2 Å². The van der Waals surface area contributed by atoms with E-state index in [2.05, 4.69) is 0 Å². The predicted octanol–water partition coefficient (Wildman–Crippen LogP) is 3.36. The standard InChI is InChI=1S/C14H11FO2/c15-13-7-6-11(8-9-16)10-14(13)17-12-4-2-1-3-5-12/h1-7,9-10H,8H2. The van der Waals surface area contributed by atoms with Crippen LogP contribution in [0.2, 0.25) is 0 Å². The quantitative estimate of drug-likeness (QED) is 0.753. The maximum absolute atomic E-state index is 13.5. The lowest BCUT2D eigenvalue weighted by molar-refractivity contribution is -0.107. The third-order valence-electron chi connectivity index (χ3n) is 2.29. The van der Waals surface area contributed by atoms with Crippen LogP contribution in [-0.2, 0) is 11.2 Å². The minimum atomic E-state index is -0.441. The molecular formula is C14H11FO2. The van der Waals surface area contributed by atoms with Gasteiger partial charge in [-0.3, -0.25) is 0 Å². The van der Waals surface area contributed by atoms with E-state index in [9.17, 15) is 9.18 Å². The number of benzene rings is 2. The Balaban J connectivity index is 2.25. The number of aldehydes is 1. The molecule has 2 aromatic carbocycles. The molecule has 86 valence electrons. The second kappa shape index (κ2) is 5.25. The molecule has 0 aromatic heterocycles. The average molecular weight is 230 g/mol. The highest BCUT2D eigenvalue weighted by atomic mass is 19.1. The molecule has 0 N–H and O–H groups in total. The van der Waals surface area contributed by atoms with Crippen molar-refractivity contribution in [3.63, 3.8) is 0 Å². The van der Waals surface area contributed by atoms with E-state index >= 15 is 0 Å². The molecule has 0 unspecified atom stereocenters. The molecule has 2 nitrogen and oxygen atoms in total. The molecule has 2 aromatic rings. The zero-order valence-corrected chi connectivity index (χ0v) is 9.10. The summed E-state index contributed by atoms with van der Waals surface area (Å²) in [5.74, 6) is 0.258. The summed E-state index contributed by atoms with van der Waals surface area (Å²) in [4.78, 5) is 10.4. The summed E-state index contributed by atoms with van der Waals surface area (Å²) >= 11 is 0. The molecule has 0 saturated heterocycles. The van der Waals surface area contributed by atoms with Gasteiger partial charge in [-0.25, -0.2) is 4.39 Å². The number of halogens is 1. The van der Waals surface area contributed by atoms with Gasteiger partial charge in [0, 0.05) is 6.42 Å². The van der Waals surface area contributed by atoms with Crippen molar-refractivity contribution in [3.05, 3.63) is 59.9 Å². The van der Waals surface area contributed by atoms with Gasteiger partial charge in [0.15, 0.2) is 11.6 Å². The van der Waals surface area contributed by atoms with E-state index < -0.39 is 5.82 Å². The fourth-order valence-corrected chi connectivity index (χ4v) is 1.46. The zero-order chi connectivity index (χ0) is 12.1. The van der Waals surface area contributed by atoms with Gasteiger partial charge < -0.3 is 9.53 Å². The van der Waals surface area contributed by atoms with Gasteiger partial charge in [0.2, 0.25) is 0 Å². The Hall–Kier alpha value is -2.16. The van der Waals surface area contributed by atoms with Gasteiger partial charge in [0.25, 0.3) is 0 Å². The molecule has 0 amide bonds. The van der Waals surface area contributed by atoms with Crippen molar-refractivity contribution in [1.29, 1.82) is 0 Å². The van der Waals surface area contributed by atoms with Gasteiger partial charge in [-0.1, -0.05) is 24.3 Å². The van der Waals surface area contributed by atoms with Crippen molar-refractivity contribution in [2.24, 2.45) is 0 Å². The van der Waals surface area contributed by atoms with Crippen LogP contribution in [0.25, 0.3) is 0 Å². The molecule has 0 atom stereocenters. The van der Waals surface area contributed by atoms with Gasteiger partial charge in [-0.15, -0.1) is 0 Å². The normalized spacial score (nSPS) is 9.94. The molecule has 0 heterocycles. The lowest BCUT2D eigenvalue weighted by Gasteiger charge is -2.07. The van der Waals surface area contributed by atoms with Crippen molar-refractivity contribution in [2.45, 2.75) is 6.42 Å². The van der Waals surface area contributed by atoms with Crippen LogP contribution in [0.5, 0.6) is 11.5 Å². The molecule has 0 aliphatic carbocycles. The van der Waals surface area contributed by atoms with Crippen LogP contribution < -0.4 is 4.74 Å². The lowest BCUT2D eigenvalue weighted by atomic mass is 10.1. The maximum atomic E-state index is 13.5. The van der Waals surface area contributed by atoms with Gasteiger partial charge in [0.05, 0.1) is 0 Å². The topological polar surface area (TPSA) is 26.3 Å². The molecule has 0 bridgehead atoms.